The molecule has 128 valence electrons. The molecular formula is C13H26N4O3S2. The van der Waals surface area contributed by atoms with Crippen molar-refractivity contribution in [1.29, 1.82) is 0 Å². The van der Waals surface area contributed by atoms with Gasteiger partial charge in [-0.2, -0.15) is 24.4 Å². The first-order valence-electron chi connectivity index (χ1n) is 7.15. The molecule has 0 spiro atoms. The summed E-state index contributed by atoms with van der Waals surface area (Å²) in [5.41, 5.74) is 10.7. The van der Waals surface area contributed by atoms with Gasteiger partial charge in [0, 0.05) is 0 Å². The Balaban J connectivity index is 4.65. The van der Waals surface area contributed by atoms with Crippen molar-refractivity contribution in [3.8, 4) is 0 Å². The van der Waals surface area contributed by atoms with Crippen LogP contribution in [0.2, 0.25) is 0 Å². The molecule has 0 unspecified atom stereocenters. The number of hydrogen-bond acceptors (Lipinski definition) is 6. The summed E-state index contributed by atoms with van der Waals surface area (Å²) in [6, 6.07) is -1.44. The van der Waals surface area contributed by atoms with E-state index in [1.54, 1.807) is 11.8 Å². The zero-order chi connectivity index (χ0) is 17.0. The molecule has 6 N–H and O–H groups in total. The molecule has 0 aromatic rings. The Labute approximate surface area is 141 Å². The fourth-order valence-corrected chi connectivity index (χ4v) is 2.36. The number of thiol groups is 1. The molecule has 7 nitrogen and oxygen atoms in total. The first kappa shape index (κ1) is 21.1. The van der Waals surface area contributed by atoms with E-state index in [0.29, 0.717) is 31.6 Å². The number of hydrogen-bond donors (Lipinski definition) is 5. The third-order valence-electron chi connectivity index (χ3n) is 3.01. The van der Waals surface area contributed by atoms with Gasteiger partial charge in [0.05, 0.1) is 5.75 Å². The number of nitrogens with two attached hydrogens (primary N) is 2. The van der Waals surface area contributed by atoms with Gasteiger partial charge in [0.15, 0.2) is 0 Å². The highest BCUT2D eigenvalue weighted by atomic mass is 32.2. The molecule has 0 fully saturated rings. The maximum Gasteiger partial charge on any atom is 0.243 e. The SMILES string of the molecule is CSCC[C@H](NC(=O)CS)C(=O)N[C@@H](CCCCN)C(N)=O. The smallest absolute Gasteiger partial charge is 0.243 e. The summed E-state index contributed by atoms with van der Waals surface area (Å²) in [7, 11) is 0. The lowest BCUT2D eigenvalue weighted by atomic mass is 10.1. The molecule has 0 rings (SSSR count). The van der Waals surface area contributed by atoms with Crippen molar-refractivity contribution in [3.05, 3.63) is 0 Å². The number of rotatable bonds is 12. The highest BCUT2D eigenvalue weighted by Crippen LogP contribution is 2.04. The minimum atomic E-state index is -0.747. The topological polar surface area (TPSA) is 127 Å². The van der Waals surface area contributed by atoms with E-state index in [0.717, 1.165) is 6.42 Å². The average molecular weight is 351 g/mol. The number of unbranched alkanes of at least 4 members (excludes halogenated alkanes) is 1. The third kappa shape index (κ3) is 9.16. The standard InChI is InChI=1S/C13H26N4O3S2/c1-22-7-5-10(16-11(18)8-21)13(20)17-9(12(15)19)4-2-3-6-14/h9-10,21H,2-8,14H2,1H3,(H2,15,19)(H,16,18)(H,17,20)/t9-,10-/m0/s1. The minimum Gasteiger partial charge on any atom is -0.368 e. The van der Waals surface area contributed by atoms with Crippen molar-refractivity contribution >= 4 is 42.1 Å². The molecule has 0 aliphatic heterocycles. The van der Waals surface area contributed by atoms with Gasteiger partial charge in [-0.3, -0.25) is 14.4 Å². The van der Waals surface area contributed by atoms with E-state index in [-0.39, 0.29) is 11.7 Å². The van der Waals surface area contributed by atoms with Crippen LogP contribution in [0.15, 0.2) is 0 Å². The summed E-state index contributed by atoms with van der Waals surface area (Å²) in [5, 5.41) is 5.21. The van der Waals surface area contributed by atoms with Gasteiger partial charge in [0.1, 0.15) is 12.1 Å². The number of carbonyl (C=O) groups is 3. The molecule has 9 heteroatoms. The second-order valence-corrected chi connectivity index (χ2v) is 6.11. The van der Waals surface area contributed by atoms with E-state index in [4.69, 9.17) is 11.5 Å². The van der Waals surface area contributed by atoms with Crippen molar-refractivity contribution in [1.82, 2.24) is 10.6 Å². The summed E-state index contributed by atoms with van der Waals surface area (Å²) in [4.78, 5) is 35.1. The summed E-state index contributed by atoms with van der Waals surface area (Å²) in [5.74, 6) is -0.614. The van der Waals surface area contributed by atoms with E-state index in [1.807, 2.05) is 6.26 Å². The molecule has 0 saturated heterocycles. The fraction of sp³-hybridized carbons (Fsp3) is 0.769. The van der Waals surface area contributed by atoms with Crippen LogP contribution >= 0.6 is 24.4 Å². The second-order valence-electron chi connectivity index (χ2n) is 4.81. The molecule has 0 aromatic heterocycles. The first-order chi connectivity index (χ1) is 10.5. The fourth-order valence-electron chi connectivity index (χ4n) is 1.80. The van der Waals surface area contributed by atoms with Gasteiger partial charge in [-0.1, -0.05) is 0 Å². The van der Waals surface area contributed by atoms with Crippen LogP contribution < -0.4 is 22.1 Å². The van der Waals surface area contributed by atoms with Crippen LogP contribution in [0, 0.1) is 0 Å². The molecule has 0 heterocycles. The van der Waals surface area contributed by atoms with Gasteiger partial charge in [-0.15, -0.1) is 0 Å². The summed E-state index contributed by atoms with van der Waals surface area (Å²) in [6.07, 6.45) is 4.28. The van der Waals surface area contributed by atoms with Crippen molar-refractivity contribution in [2.75, 3.05) is 24.3 Å². The van der Waals surface area contributed by atoms with Crippen LogP contribution in [0.25, 0.3) is 0 Å². The largest absolute Gasteiger partial charge is 0.368 e. The van der Waals surface area contributed by atoms with Crippen LogP contribution in [0.5, 0.6) is 0 Å². The second kappa shape index (κ2) is 12.6. The van der Waals surface area contributed by atoms with E-state index in [1.165, 1.54) is 0 Å². The average Bonchev–Trinajstić information content (AvgIpc) is 2.49. The molecule has 22 heavy (non-hydrogen) atoms. The van der Waals surface area contributed by atoms with Crippen LogP contribution in [-0.2, 0) is 14.4 Å². The third-order valence-corrected chi connectivity index (χ3v) is 3.94. The van der Waals surface area contributed by atoms with Gasteiger partial charge in [0.25, 0.3) is 0 Å². The van der Waals surface area contributed by atoms with E-state index >= 15 is 0 Å². The van der Waals surface area contributed by atoms with Crippen molar-refractivity contribution in [2.45, 2.75) is 37.8 Å². The molecule has 0 bridgehead atoms. The predicted molar refractivity (Wildman–Crippen MR) is 92.8 cm³/mol. The number of amides is 3. The Morgan fingerprint density at radius 2 is 1.82 bits per heavy atom. The highest BCUT2D eigenvalue weighted by molar-refractivity contribution is 7.98. The molecule has 0 saturated carbocycles. The first-order valence-corrected chi connectivity index (χ1v) is 9.17. The zero-order valence-electron chi connectivity index (χ0n) is 12.8. The highest BCUT2D eigenvalue weighted by Gasteiger charge is 2.24. The zero-order valence-corrected chi connectivity index (χ0v) is 14.6. The number of thioether (sulfide) groups is 1. The Morgan fingerprint density at radius 3 is 2.32 bits per heavy atom. The lowest BCUT2D eigenvalue weighted by Gasteiger charge is -2.21. The molecule has 0 radical (unpaired) electrons. The monoisotopic (exact) mass is 350 g/mol. The predicted octanol–water partition coefficient (Wildman–Crippen LogP) is -0.747. The van der Waals surface area contributed by atoms with Crippen molar-refractivity contribution in [2.24, 2.45) is 11.5 Å². The van der Waals surface area contributed by atoms with Gasteiger partial charge in [-0.05, 0) is 44.2 Å². The Morgan fingerprint density at radius 1 is 1.14 bits per heavy atom. The maximum absolute atomic E-state index is 12.3. The number of primary amides is 1. The lowest BCUT2D eigenvalue weighted by Crippen LogP contribution is -2.53. The van der Waals surface area contributed by atoms with Crippen molar-refractivity contribution in [3.63, 3.8) is 0 Å². The lowest BCUT2D eigenvalue weighted by molar-refractivity contribution is -0.130. The summed E-state index contributed by atoms with van der Waals surface area (Å²) < 4.78 is 0. The van der Waals surface area contributed by atoms with Crippen LogP contribution in [0.1, 0.15) is 25.7 Å². The summed E-state index contributed by atoms with van der Waals surface area (Å²) >= 11 is 5.44. The Hall–Kier alpha value is -0.930. The van der Waals surface area contributed by atoms with E-state index in [2.05, 4.69) is 23.3 Å². The molecule has 2 atom stereocenters. The normalized spacial score (nSPS) is 13.2. The molecule has 0 aromatic carbocycles. The Bertz CT molecular complexity index is 369. The van der Waals surface area contributed by atoms with Gasteiger partial charge in [-0.25, -0.2) is 0 Å². The Kier molecular flexibility index (Phi) is 12.1. The summed E-state index contributed by atoms with van der Waals surface area (Å²) in [6.45, 7) is 0.522. The van der Waals surface area contributed by atoms with Crippen LogP contribution in [0.4, 0.5) is 0 Å². The van der Waals surface area contributed by atoms with E-state index < -0.39 is 23.9 Å². The molecular weight excluding hydrogens is 324 g/mol. The molecule has 0 aliphatic carbocycles. The van der Waals surface area contributed by atoms with Crippen molar-refractivity contribution < 1.29 is 14.4 Å². The molecule has 3 amide bonds. The maximum atomic E-state index is 12.3. The van der Waals surface area contributed by atoms with Crippen LogP contribution in [-0.4, -0.2) is 54.1 Å². The minimum absolute atomic E-state index is 0.00119. The quantitative estimate of drug-likeness (QED) is 0.234. The van der Waals surface area contributed by atoms with E-state index in [9.17, 15) is 14.4 Å². The van der Waals surface area contributed by atoms with Crippen LogP contribution in [0.3, 0.4) is 0 Å². The number of nitrogens with one attached hydrogen (secondary N) is 2. The van der Waals surface area contributed by atoms with Gasteiger partial charge >= 0.3 is 0 Å². The van der Waals surface area contributed by atoms with Gasteiger partial charge in [0.2, 0.25) is 17.7 Å². The molecule has 0 aliphatic rings. The van der Waals surface area contributed by atoms with Gasteiger partial charge < -0.3 is 22.1 Å². The number of carbonyl (C=O) groups excluding carboxylic acids is 3.